The van der Waals surface area contributed by atoms with E-state index in [9.17, 15) is 9.59 Å². The first-order valence-corrected chi connectivity index (χ1v) is 10.3. The Labute approximate surface area is 186 Å². The average molecular weight is 426 g/mol. The fraction of sp³-hybridized carbons (Fsp3) is 0.192. The zero-order valence-electron chi connectivity index (χ0n) is 18.0. The molecule has 3 aromatic rings. The molecule has 4 rings (SSSR count). The van der Waals surface area contributed by atoms with E-state index in [-0.39, 0.29) is 17.9 Å². The highest BCUT2D eigenvalue weighted by Crippen LogP contribution is 2.25. The van der Waals surface area contributed by atoms with Crippen LogP contribution in [0.15, 0.2) is 66.9 Å². The largest absolute Gasteiger partial charge is 0.475 e. The zero-order chi connectivity index (χ0) is 22.7. The summed E-state index contributed by atoms with van der Waals surface area (Å²) in [6.07, 6.45) is 1.66. The van der Waals surface area contributed by atoms with E-state index >= 15 is 0 Å². The molecule has 0 saturated heterocycles. The maximum atomic E-state index is 12.6. The number of carbonyl (C=O) groups excluding carboxylic acids is 2. The number of pyridine rings is 1. The fourth-order valence-corrected chi connectivity index (χ4v) is 3.29. The van der Waals surface area contributed by atoms with Gasteiger partial charge in [-0.2, -0.15) is 0 Å². The SMILES string of the molecule is CC(C)Oc1ccc(Oc2ccc(C#C[C@H](C)N3C(=O)c4ccccc4C3=O)cc2)cn1. The number of hydrogen-bond donors (Lipinski definition) is 0. The maximum Gasteiger partial charge on any atom is 0.262 e. The second kappa shape index (κ2) is 8.94. The summed E-state index contributed by atoms with van der Waals surface area (Å²) in [5.74, 6) is 7.19. The van der Waals surface area contributed by atoms with Crippen molar-refractivity contribution in [2.24, 2.45) is 0 Å². The van der Waals surface area contributed by atoms with Gasteiger partial charge in [-0.05, 0) is 63.2 Å². The van der Waals surface area contributed by atoms with Gasteiger partial charge < -0.3 is 9.47 Å². The fourth-order valence-electron chi connectivity index (χ4n) is 3.29. The lowest BCUT2D eigenvalue weighted by atomic mass is 10.1. The van der Waals surface area contributed by atoms with Crippen LogP contribution in [-0.2, 0) is 0 Å². The first kappa shape index (κ1) is 21.1. The van der Waals surface area contributed by atoms with Crippen LogP contribution in [0.3, 0.4) is 0 Å². The van der Waals surface area contributed by atoms with Gasteiger partial charge in [-0.15, -0.1) is 0 Å². The quantitative estimate of drug-likeness (QED) is 0.437. The summed E-state index contributed by atoms with van der Waals surface area (Å²) in [6.45, 7) is 5.63. The molecule has 2 heterocycles. The molecule has 6 heteroatoms. The van der Waals surface area contributed by atoms with E-state index in [2.05, 4.69) is 16.8 Å². The molecule has 160 valence electrons. The van der Waals surface area contributed by atoms with E-state index in [1.807, 2.05) is 26.0 Å². The minimum Gasteiger partial charge on any atom is -0.475 e. The molecule has 0 aliphatic carbocycles. The first-order valence-electron chi connectivity index (χ1n) is 10.3. The molecule has 0 saturated carbocycles. The predicted octanol–water partition coefficient (Wildman–Crippen LogP) is 4.70. The molecule has 32 heavy (non-hydrogen) atoms. The number of ether oxygens (including phenoxy) is 2. The number of hydrogen-bond acceptors (Lipinski definition) is 5. The van der Waals surface area contributed by atoms with Crippen LogP contribution < -0.4 is 9.47 Å². The smallest absolute Gasteiger partial charge is 0.262 e. The van der Waals surface area contributed by atoms with Gasteiger partial charge in [-0.25, -0.2) is 4.98 Å². The number of rotatable bonds is 5. The van der Waals surface area contributed by atoms with Crippen LogP contribution in [0.5, 0.6) is 17.4 Å². The molecule has 1 aliphatic rings. The third kappa shape index (κ3) is 4.47. The lowest BCUT2D eigenvalue weighted by molar-refractivity contribution is 0.0630. The number of carbonyl (C=O) groups is 2. The molecule has 0 bridgehead atoms. The summed E-state index contributed by atoms with van der Waals surface area (Å²) in [7, 11) is 0. The highest BCUT2D eigenvalue weighted by Gasteiger charge is 2.37. The van der Waals surface area contributed by atoms with Gasteiger partial charge in [0.2, 0.25) is 5.88 Å². The van der Waals surface area contributed by atoms with Gasteiger partial charge >= 0.3 is 0 Å². The van der Waals surface area contributed by atoms with Crippen molar-refractivity contribution in [3.63, 3.8) is 0 Å². The summed E-state index contributed by atoms with van der Waals surface area (Å²) in [5, 5.41) is 0. The van der Waals surface area contributed by atoms with Gasteiger partial charge in [0.15, 0.2) is 0 Å². The third-order valence-electron chi connectivity index (χ3n) is 4.79. The van der Waals surface area contributed by atoms with E-state index in [1.54, 1.807) is 61.7 Å². The Bertz CT molecular complexity index is 1170. The van der Waals surface area contributed by atoms with Gasteiger partial charge in [-0.3, -0.25) is 14.5 Å². The molecule has 0 fully saturated rings. The van der Waals surface area contributed by atoms with Crippen molar-refractivity contribution in [1.82, 2.24) is 9.88 Å². The van der Waals surface area contributed by atoms with E-state index in [1.165, 1.54) is 4.90 Å². The Hall–Kier alpha value is -4.11. The summed E-state index contributed by atoms with van der Waals surface area (Å²) in [4.78, 5) is 30.5. The molecule has 2 amide bonds. The van der Waals surface area contributed by atoms with Crippen LogP contribution in [-0.4, -0.2) is 33.8 Å². The minimum atomic E-state index is -0.545. The molecule has 0 unspecified atom stereocenters. The van der Waals surface area contributed by atoms with Crippen molar-refractivity contribution in [1.29, 1.82) is 0 Å². The first-order chi connectivity index (χ1) is 15.4. The highest BCUT2D eigenvalue weighted by molar-refractivity contribution is 6.21. The number of amides is 2. The van der Waals surface area contributed by atoms with Crippen molar-refractivity contribution < 1.29 is 19.1 Å². The maximum absolute atomic E-state index is 12.6. The van der Waals surface area contributed by atoms with E-state index < -0.39 is 6.04 Å². The van der Waals surface area contributed by atoms with Gasteiger partial charge in [0.05, 0.1) is 29.5 Å². The molecular formula is C26H22N2O4. The zero-order valence-corrected chi connectivity index (χ0v) is 18.0. The molecule has 0 radical (unpaired) electrons. The number of fused-ring (bicyclic) bond motifs is 1. The molecule has 2 aromatic carbocycles. The summed E-state index contributed by atoms with van der Waals surface area (Å²) in [6, 6.07) is 17.1. The molecule has 0 N–H and O–H groups in total. The third-order valence-corrected chi connectivity index (χ3v) is 4.79. The topological polar surface area (TPSA) is 68.7 Å². The number of imide groups is 1. The van der Waals surface area contributed by atoms with Gasteiger partial charge in [0, 0.05) is 11.6 Å². The van der Waals surface area contributed by atoms with E-state index in [0.717, 1.165) is 5.56 Å². The molecular weight excluding hydrogens is 404 g/mol. The van der Waals surface area contributed by atoms with E-state index in [4.69, 9.17) is 9.47 Å². The van der Waals surface area contributed by atoms with Crippen LogP contribution in [0.2, 0.25) is 0 Å². The number of nitrogens with zero attached hydrogens (tertiary/aromatic N) is 2. The van der Waals surface area contributed by atoms with Crippen molar-refractivity contribution in [2.75, 3.05) is 0 Å². The van der Waals surface area contributed by atoms with Crippen molar-refractivity contribution >= 4 is 11.8 Å². The normalized spacial score (nSPS) is 13.4. The Morgan fingerprint density at radius 3 is 2.03 bits per heavy atom. The summed E-state index contributed by atoms with van der Waals surface area (Å²) in [5.41, 5.74) is 1.59. The Kier molecular flexibility index (Phi) is 5.91. The Morgan fingerprint density at radius 1 is 0.844 bits per heavy atom. The summed E-state index contributed by atoms with van der Waals surface area (Å²) >= 11 is 0. The second-order valence-corrected chi connectivity index (χ2v) is 7.60. The van der Waals surface area contributed by atoms with Gasteiger partial charge in [0.1, 0.15) is 11.5 Å². The summed E-state index contributed by atoms with van der Waals surface area (Å²) < 4.78 is 11.3. The minimum absolute atomic E-state index is 0.0580. The van der Waals surface area contributed by atoms with Crippen LogP contribution in [0, 0.1) is 11.8 Å². The van der Waals surface area contributed by atoms with Gasteiger partial charge in [0.25, 0.3) is 11.8 Å². The van der Waals surface area contributed by atoms with Crippen LogP contribution in [0.25, 0.3) is 0 Å². The number of aromatic nitrogens is 1. The molecule has 0 spiro atoms. The molecule has 1 atom stereocenters. The second-order valence-electron chi connectivity index (χ2n) is 7.60. The molecule has 1 aromatic heterocycles. The lowest BCUT2D eigenvalue weighted by Crippen LogP contribution is -2.37. The van der Waals surface area contributed by atoms with Crippen LogP contribution in [0.1, 0.15) is 47.1 Å². The standard InChI is InChI=1S/C26H22N2O4/c1-17(2)31-24-15-14-21(16-27-24)32-20-12-10-19(11-13-20)9-8-18(3)28-25(29)22-6-4-5-7-23(22)26(28)30/h4-7,10-18H,1-3H3/t18-/m0/s1. The Balaban J connectivity index is 1.40. The average Bonchev–Trinajstić information content (AvgIpc) is 3.04. The number of benzene rings is 2. The monoisotopic (exact) mass is 426 g/mol. The lowest BCUT2D eigenvalue weighted by Gasteiger charge is -2.17. The van der Waals surface area contributed by atoms with Crippen LogP contribution in [0.4, 0.5) is 0 Å². The molecule has 1 aliphatic heterocycles. The predicted molar refractivity (Wildman–Crippen MR) is 120 cm³/mol. The molecule has 6 nitrogen and oxygen atoms in total. The van der Waals surface area contributed by atoms with Crippen molar-refractivity contribution in [2.45, 2.75) is 32.9 Å². The Morgan fingerprint density at radius 2 is 1.47 bits per heavy atom. The highest BCUT2D eigenvalue weighted by atomic mass is 16.5. The van der Waals surface area contributed by atoms with Crippen LogP contribution >= 0.6 is 0 Å². The van der Waals surface area contributed by atoms with Crippen molar-refractivity contribution in [3.8, 4) is 29.2 Å². The van der Waals surface area contributed by atoms with Crippen molar-refractivity contribution in [3.05, 3.63) is 83.6 Å². The van der Waals surface area contributed by atoms with E-state index in [0.29, 0.717) is 28.5 Å². The van der Waals surface area contributed by atoms with Gasteiger partial charge in [-0.1, -0.05) is 24.0 Å².